The van der Waals surface area contributed by atoms with Crippen LogP contribution in [0.3, 0.4) is 0 Å². The topological polar surface area (TPSA) is 160 Å². The van der Waals surface area contributed by atoms with Gasteiger partial charge in [-0.15, -0.1) is 0 Å². The number of piperidine rings is 1. The van der Waals surface area contributed by atoms with E-state index in [2.05, 4.69) is 26.2 Å². The molecule has 3 rings (SSSR count). The van der Waals surface area contributed by atoms with E-state index in [1.165, 1.54) is 17.7 Å². The van der Waals surface area contributed by atoms with Gasteiger partial charge in [0.05, 0.1) is 28.3 Å². The number of aromatic amines is 1. The maximum atomic E-state index is 13.1. The monoisotopic (exact) mass is 543 g/mol. The van der Waals surface area contributed by atoms with E-state index in [1.54, 1.807) is 11.8 Å². The van der Waals surface area contributed by atoms with Crippen molar-refractivity contribution in [1.29, 1.82) is 0 Å². The molecule has 12 heteroatoms. The van der Waals surface area contributed by atoms with Crippen molar-refractivity contribution >= 4 is 27.7 Å². The summed E-state index contributed by atoms with van der Waals surface area (Å²) in [6.07, 6.45) is 4.78. The number of likely N-dealkylation sites (tertiary alicyclic amines) is 1. The van der Waals surface area contributed by atoms with Crippen molar-refractivity contribution in [3.8, 4) is 0 Å². The lowest BCUT2D eigenvalue weighted by Crippen LogP contribution is -2.60. The van der Waals surface area contributed by atoms with E-state index in [0.717, 1.165) is 12.8 Å². The second kappa shape index (κ2) is 10.7. The molecule has 2 aliphatic heterocycles. The van der Waals surface area contributed by atoms with Gasteiger partial charge in [-0.2, -0.15) is 0 Å². The van der Waals surface area contributed by atoms with Gasteiger partial charge in [0, 0.05) is 32.6 Å². The third-order valence-corrected chi connectivity index (χ3v) is 7.38. The van der Waals surface area contributed by atoms with Crippen LogP contribution < -0.4 is 22.3 Å². The van der Waals surface area contributed by atoms with E-state index in [1.807, 2.05) is 0 Å². The SMILES string of the molecule is CC(=O)N[C@@H](CCCCN)C(=O)N1CCC2(CC1)C[C@](C)(O)[C@@H](n1cc(Br)c(=O)[nH]c1=O)CO2. The van der Waals surface area contributed by atoms with Crippen molar-refractivity contribution in [3.05, 3.63) is 31.5 Å². The van der Waals surface area contributed by atoms with Crippen LogP contribution in [0.2, 0.25) is 0 Å². The predicted octanol–water partition coefficient (Wildman–Crippen LogP) is 0.00640. The number of hydrogen-bond acceptors (Lipinski definition) is 7. The summed E-state index contributed by atoms with van der Waals surface area (Å²) < 4.78 is 7.70. The number of carbonyl (C=O) groups is 2. The molecule has 34 heavy (non-hydrogen) atoms. The molecular formula is C22H34BrN5O6. The van der Waals surface area contributed by atoms with Crippen molar-refractivity contribution in [3.63, 3.8) is 0 Å². The molecule has 2 saturated heterocycles. The Morgan fingerprint density at radius 3 is 2.62 bits per heavy atom. The maximum absolute atomic E-state index is 13.1. The minimum absolute atomic E-state index is 0.0902. The summed E-state index contributed by atoms with van der Waals surface area (Å²) in [7, 11) is 0. The number of nitrogens with one attached hydrogen (secondary N) is 2. The van der Waals surface area contributed by atoms with Crippen LogP contribution in [0.4, 0.5) is 0 Å². The normalized spacial score (nSPS) is 25.2. The zero-order chi connectivity index (χ0) is 25.1. The van der Waals surface area contributed by atoms with Crippen LogP contribution in [0.25, 0.3) is 0 Å². The third-order valence-electron chi connectivity index (χ3n) is 6.81. The molecule has 0 aliphatic carbocycles. The fourth-order valence-electron chi connectivity index (χ4n) is 5.00. The molecule has 0 radical (unpaired) electrons. The smallest absolute Gasteiger partial charge is 0.328 e. The van der Waals surface area contributed by atoms with Crippen LogP contribution in [0, 0.1) is 0 Å². The Bertz CT molecular complexity index is 1010. The van der Waals surface area contributed by atoms with Crippen molar-refractivity contribution in [2.45, 2.75) is 75.7 Å². The van der Waals surface area contributed by atoms with E-state index in [-0.39, 0.29) is 29.3 Å². The molecule has 5 N–H and O–H groups in total. The highest BCUT2D eigenvalue weighted by Crippen LogP contribution is 2.43. The highest BCUT2D eigenvalue weighted by atomic mass is 79.9. The molecule has 2 amide bonds. The molecule has 2 aliphatic rings. The molecule has 190 valence electrons. The molecule has 0 aromatic carbocycles. The average Bonchev–Trinajstić information content (AvgIpc) is 2.75. The van der Waals surface area contributed by atoms with Gasteiger partial charge in [-0.05, 0) is 61.5 Å². The third kappa shape index (κ3) is 5.96. The minimum atomic E-state index is -1.27. The second-order valence-corrected chi connectivity index (χ2v) is 10.4. The molecule has 2 fully saturated rings. The van der Waals surface area contributed by atoms with Gasteiger partial charge in [0.15, 0.2) is 0 Å². The zero-order valence-corrected chi connectivity index (χ0v) is 21.2. The largest absolute Gasteiger partial charge is 0.388 e. The number of nitrogens with zero attached hydrogens (tertiary/aromatic N) is 2. The van der Waals surface area contributed by atoms with Gasteiger partial charge in [0.1, 0.15) is 6.04 Å². The van der Waals surface area contributed by atoms with Crippen LogP contribution in [0.15, 0.2) is 20.3 Å². The van der Waals surface area contributed by atoms with Gasteiger partial charge in [-0.3, -0.25) is 23.9 Å². The van der Waals surface area contributed by atoms with Gasteiger partial charge in [0.25, 0.3) is 5.56 Å². The van der Waals surface area contributed by atoms with Crippen LogP contribution in [0.5, 0.6) is 0 Å². The lowest BCUT2D eigenvalue weighted by molar-refractivity contribution is -0.198. The van der Waals surface area contributed by atoms with Crippen LogP contribution in [0.1, 0.15) is 58.4 Å². The number of ether oxygens (including phenoxy) is 1. The Balaban J connectivity index is 1.67. The van der Waals surface area contributed by atoms with Gasteiger partial charge in [-0.1, -0.05) is 0 Å². The van der Waals surface area contributed by atoms with E-state index >= 15 is 0 Å². The lowest BCUT2D eigenvalue weighted by Gasteiger charge is -2.51. The number of rotatable bonds is 7. The minimum Gasteiger partial charge on any atom is -0.388 e. The van der Waals surface area contributed by atoms with Crippen molar-refractivity contribution in [2.75, 3.05) is 26.2 Å². The summed E-state index contributed by atoms with van der Waals surface area (Å²) in [5.41, 5.74) is 2.51. The van der Waals surface area contributed by atoms with E-state index < -0.39 is 34.5 Å². The fraction of sp³-hybridized carbons (Fsp3) is 0.727. The van der Waals surface area contributed by atoms with Gasteiger partial charge in [0.2, 0.25) is 11.8 Å². The van der Waals surface area contributed by atoms with Crippen LogP contribution in [-0.4, -0.2) is 74.9 Å². The zero-order valence-electron chi connectivity index (χ0n) is 19.6. The fourth-order valence-corrected chi connectivity index (χ4v) is 5.32. The molecular weight excluding hydrogens is 510 g/mol. The number of hydrogen-bond donors (Lipinski definition) is 4. The number of carbonyl (C=O) groups excluding carboxylic acids is 2. The van der Waals surface area contributed by atoms with Crippen molar-refractivity contribution in [2.24, 2.45) is 5.73 Å². The van der Waals surface area contributed by atoms with Crippen LogP contribution in [-0.2, 0) is 14.3 Å². The Kier molecular flexibility index (Phi) is 8.38. The quantitative estimate of drug-likeness (QED) is 0.352. The number of nitrogens with two attached hydrogens (primary N) is 1. The molecule has 3 heterocycles. The summed E-state index contributed by atoms with van der Waals surface area (Å²) in [6, 6.07) is -1.26. The summed E-state index contributed by atoms with van der Waals surface area (Å²) in [5.74, 6) is -0.367. The first kappa shape index (κ1) is 26.6. The number of aromatic nitrogens is 2. The van der Waals surface area contributed by atoms with E-state index in [4.69, 9.17) is 10.5 Å². The molecule has 1 aromatic heterocycles. The molecule has 0 unspecified atom stereocenters. The van der Waals surface area contributed by atoms with Crippen molar-refractivity contribution < 1.29 is 19.4 Å². The summed E-state index contributed by atoms with van der Waals surface area (Å²) in [4.78, 5) is 52.7. The molecule has 3 atom stereocenters. The first-order valence-corrected chi connectivity index (χ1v) is 12.4. The Morgan fingerprint density at radius 1 is 1.35 bits per heavy atom. The van der Waals surface area contributed by atoms with E-state index in [0.29, 0.717) is 38.9 Å². The predicted molar refractivity (Wildman–Crippen MR) is 128 cm³/mol. The first-order chi connectivity index (χ1) is 16.0. The number of unbranched alkanes of at least 4 members (excludes halogenated alkanes) is 1. The molecule has 11 nitrogen and oxygen atoms in total. The van der Waals surface area contributed by atoms with Crippen molar-refractivity contribution in [1.82, 2.24) is 19.8 Å². The number of aliphatic hydroxyl groups is 1. The Hall–Kier alpha value is -2.02. The molecule has 0 saturated carbocycles. The highest BCUT2D eigenvalue weighted by molar-refractivity contribution is 9.10. The summed E-state index contributed by atoms with van der Waals surface area (Å²) in [5, 5.41) is 14.0. The molecule has 1 aromatic rings. The lowest BCUT2D eigenvalue weighted by atomic mass is 9.75. The summed E-state index contributed by atoms with van der Waals surface area (Å²) in [6.45, 7) is 4.57. The molecule has 1 spiro atoms. The van der Waals surface area contributed by atoms with Crippen LogP contribution >= 0.6 is 15.9 Å². The number of halogens is 1. The Morgan fingerprint density at radius 2 is 2.03 bits per heavy atom. The first-order valence-electron chi connectivity index (χ1n) is 11.6. The maximum Gasteiger partial charge on any atom is 0.328 e. The number of amides is 2. The van der Waals surface area contributed by atoms with Gasteiger partial charge in [-0.25, -0.2) is 4.79 Å². The standard InChI is InChI=1S/C22H34BrN5O6/c1-14(29)25-16(5-3-4-8-24)19(31)27-9-6-22(7-10-27)13-21(2,33)17(12-34-22)28-11-15(23)18(30)26-20(28)32/h11,16-17,33H,3-10,12-13,24H2,1-2H3,(H,25,29)(H,26,30,32)/t16-,17-,21-/m0/s1. The second-order valence-electron chi connectivity index (χ2n) is 9.55. The van der Waals surface area contributed by atoms with Gasteiger partial charge >= 0.3 is 5.69 Å². The average molecular weight is 544 g/mol. The molecule has 0 bridgehead atoms. The highest BCUT2D eigenvalue weighted by Gasteiger charge is 2.50. The number of H-pyrrole nitrogens is 1. The summed E-state index contributed by atoms with van der Waals surface area (Å²) >= 11 is 3.12. The van der Waals surface area contributed by atoms with E-state index in [9.17, 15) is 24.3 Å². The van der Waals surface area contributed by atoms with Gasteiger partial charge < -0.3 is 25.8 Å². The Labute approximate surface area is 206 Å².